The third kappa shape index (κ3) is 4.20. The van der Waals surface area contributed by atoms with Gasteiger partial charge in [-0.25, -0.2) is 4.79 Å². The minimum atomic E-state index is -0.171. The Morgan fingerprint density at radius 1 is 1.00 bits per heavy atom. The van der Waals surface area contributed by atoms with E-state index >= 15 is 0 Å². The highest BCUT2D eigenvalue weighted by molar-refractivity contribution is 5.90. The lowest BCUT2D eigenvalue weighted by molar-refractivity contribution is -0.136. The van der Waals surface area contributed by atoms with Crippen LogP contribution >= 0.6 is 0 Å². The largest absolute Gasteiger partial charge is 0.342 e. The van der Waals surface area contributed by atoms with Crippen molar-refractivity contribution in [1.82, 2.24) is 10.2 Å². The van der Waals surface area contributed by atoms with Gasteiger partial charge in [0, 0.05) is 30.7 Å². The van der Waals surface area contributed by atoms with Gasteiger partial charge in [0.05, 0.1) is 0 Å². The Bertz CT molecular complexity index is 928. The van der Waals surface area contributed by atoms with Gasteiger partial charge in [0.2, 0.25) is 5.91 Å². The predicted octanol–water partition coefficient (Wildman–Crippen LogP) is 4.81. The number of amides is 3. The van der Waals surface area contributed by atoms with Gasteiger partial charge in [-0.05, 0) is 66.5 Å². The first kappa shape index (κ1) is 20.5. The molecule has 0 saturated carbocycles. The van der Waals surface area contributed by atoms with Crippen LogP contribution in [0.2, 0.25) is 0 Å². The molecule has 3 amide bonds. The molecule has 0 atom stereocenters. The molecule has 1 aliphatic heterocycles. The first-order valence-corrected chi connectivity index (χ1v) is 11.2. The molecule has 158 valence electrons. The van der Waals surface area contributed by atoms with Crippen LogP contribution in [-0.4, -0.2) is 36.0 Å². The fourth-order valence-corrected chi connectivity index (χ4v) is 4.72. The van der Waals surface area contributed by atoms with Crippen LogP contribution in [0.3, 0.4) is 0 Å². The van der Waals surface area contributed by atoms with Crippen LogP contribution in [0.25, 0.3) is 11.1 Å². The number of carbonyl (C=O) groups excluding carboxylic acids is 2. The summed E-state index contributed by atoms with van der Waals surface area (Å²) in [6.45, 7) is 5.58. The van der Waals surface area contributed by atoms with Gasteiger partial charge in [-0.3, -0.25) is 4.79 Å². The van der Waals surface area contributed by atoms with Gasteiger partial charge < -0.3 is 15.5 Å². The van der Waals surface area contributed by atoms with Crippen molar-refractivity contribution in [2.24, 2.45) is 5.92 Å². The fourth-order valence-electron chi connectivity index (χ4n) is 4.72. The second kappa shape index (κ2) is 8.90. The summed E-state index contributed by atoms with van der Waals surface area (Å²) in [5, 5.41) is 6.07. The number of fused-ring (bicyclic) bond motifs is 3. The quantitative estimate of drug-likeness (QED) is 0.640. The average molecular weight is 406 g/mol. The molecule has 2 N–H and O–H groups in total. The highest BCUT2D eigenvalue weighted by atomic mass is 16.2. The van der Waals surface area contributed by atoms with Crippen molar-refractivity contribution in [2.75, 3.05) is 18.4 Å². The highest BCUT2D eigenvalue weighted by Crippen LogP contribution is 2.37. The molecule has 2 aromatic carbocycles. The topological polar surface area (TPSA) is 61.4 Å². The fraction of sp³-hybridized carbons (Fsp3) is 0.440. The van der Waals surface area contributed by atoms with Crippen molar-refractivity contribution < 1.29 is 9.59 Å². The maximum absolute atomic E-state index is 12.5. The first-order valence-electron chi connectivity index (χ1n) is 11.2. The van der Waals surface area contributed by atoms with Crippen molar-refractivity contribution >= 4 is 17.6 Å². The molecule has 1 heterocycles. The Kier molecular flexibility index (Phi) is 6.07. The number of hydrogen-bond acceptors (Lipinski definition) is 2. The molecule has 2 aromatic rings. The molecule has 5 heteroatoms. The predicted molar refractivity (Wildman–Crippen MR) is 121 cm³/mol. The van der Waals surface area contributed by atoms with Crippen LogP contribution in [-0.2, 0) is 11.2 Å². The van der Waals surface area contributed by atoms with E-state index in [0.717, 1.165) is 50.9 Å². The average Bonchev–Trinajstić information content (AvgIpc) is 3.12. The van der Waals surface area contributed by atoms with Crippen LogP contribution in [0.1, 0.15) is 50.7 Å². The Morgan fingerprint density at radius 3 is 2.43 bits per heavy atom. The first-order chi connectivity index (χ1) is 14.6. The molecule has 0 unspecified atom stereocenters. The summed E-state index contributed by atoms with van der Waals surface area (Å²) in [6.07, 6.45) is 4.30. The lowest BCUT2D eigenvalue weighted by atomic mass is 9.98. The molecule has 5 nitrogen and oxygen atoms in total. The zero-order valence-electron chi connectivity index (χ0n) is 17.9. The van der Waals surface area contributed by atoms with Crippen LogP contribution in [0.4, 0.5) is 10.5 Å². The third-order valence-corrected chi connectivity index (χ3v) is 6.53. The number of nitrogens with one attached hydrogen (secondary N) is 2. The Hall–Kier alpha value is -2.82. The zero-order valence-corrected chi connectivity index (χ0v) is 17.9. The number of nitrogens with zero attached hydrogens (tertiary/aromatic N) is 1. The van der Waals surface area contributed by atoms with Crippen LogP contribution in [0.5, 0.6) is 0 Å². The summed E-state index contributed by atoms with van der Waals surface area (Å²) in [7, 11) is 0. The SMILES string of the molecule is CCC(CC)C(=O)N1CCC(NC(=O)Nc2ccc3c(c2)Cc2ccccc2-3)CC1. The van der Waals surface area contributed by atoms with Crippen molar-refractivity contribution in [1.29, 1.82) is 0 Å². The molecule has 0 aromatic heterocycles. The summed E-state index contributed by atoms with van der Waals surface area (Å²) in [4.78, 5) is 27.0. The number of rotatable bonds is 5. The van der Waals surface area contributed by atoms with Crippen molar-refractivity contribution in [3.8, 4) is 11.1 Å². The van der Waals surface area contributed by atoms with Gasteiger partial charge in [-0.15, -0.1) is 0 Å². The highest BCUT2D eigenvalue weighted by Gasteiger charge is 2.27. The number of piperidine rings is 1. The molecule has 2 aliphatic rings. The monoisotopic (exact) mass is 405 g/mol. The van der Waals surface area contributed by atoms with Crippen molar-refractivity contribution in [3.05, 3.63) is 53.6 Å². The maximum atomic E-state index is 12.5. The summed E-state index contributed by atoms with van der Waals surface area (Å²) < 4.78 is 0. The second-order valence-electron chi connectivity index (χ2n) is 8.42. The van der Waals surface area contributed by atoms with Gasteiger partial charge in [0.25, 0.3) is 0 Å². The van der Waals surface area contributed by atoms with Gasteiger partial charge in [-0.1, -0.05) is 44.2 Å². The number of anilines is 1. The van der Waals surface area contributed by atoms with E-state index in [1.807, 2.05) is 11.0 Å². The summed E-state index contributed by atoms with van der Waals surface area (Å²) >= 11 is 0. The molecule has 30 heavy (non-hydrogen) atoms. The van der Waals surface area contributed by atoms with Gasteiger partial charge in [0.15, 0.2) is 0 Å². The lowest BCUT2D eigenvalue weighted by Crippen LogP contribution is -2.48. The third-order valence-electron chi connectivity index (χ3n) is 6.53. The molecular weight excluding hydrogens is 374 g/mol. The van der Waals surface area contributed by atoms with Crippen molar-refractivity contribution in [3.63, 3.8) is 0 Å². The number of benzene rings is 2. The molecule has 4 rings (SSSR count). The Balaban J connectivity index is 1.29. The smallest absolute Gasteiger partial charge is 0.319 e. The van der Waals surface area contributed by atoms with Gasteiger partial charge in [0.1, 0.15) is 0 Å². The van der Waals surface area contributed by atoms with Gasteiger partial charge in [-0.2, -0.15) is 0 Å². The second-order valence-corrected chi connectivity index (χ2v) is 8.42. The standard InChI is InChI=1S/C25H31N3O2/c1-3-17(4-2)24(29)28-13-11-20(12-14-28)26-25(30)27-21-9-10-23-19(16-21)15-18-7-5-6-8-22(18)23/h5-10,16-17,20H,3-4,11-15H2,1-2H3,(H2,26,27,30). The molecule has 0 bridgehead atoms. The lowest BCUT2D eigenvalue weighted by Gasteiger charge is -2.34. The van der Waals surface area contributed by atoms with E-state index in [1.165, 1.54) is 22.3 Å². The van der Waals surface area contributed by atoms with Gasteiger partial charge >= 0.3 is 6.03 Å². The van der Waals surface area contributed by atoms with Crippen LogP contribution in [0.15, 0.2) is 42.5 Å². The van der Waals surface area contributed by atoms with E-state index in [2.05, 4.69) is 60.9 Å². The normalized spacial score (nSPS) is 15.6. The van der Waals surface area contributed by atoms with E-state index in [1.54, 1.807) is 0 Å². The summed E-state index contributed by atoms with van der Waals surface area (Å²) in [6, 6.07) is 14.5. The minimum Gasteiger partial charge on any atom is -0.342 e. The van der Waals surface area contributed by atoms with Crippen molar-refractivity contribution in [2.45, 2.75) is 52.0 Å². The summed E-state index contributed by atoms with van der Waals surface area (Å²) in [5.41, 5.74) is 5.95. The van der Waals surface area contributed by atoms with E-state index in [-0.39, 0.29) is 23.9 Å². The van der Waals surface area contributed by atoms with E-state index in [9.17, 15) is 9.59 Å². The number of carbonyl (C=O) groups is 2. The minimum absolute atomic E-state index is 0.106. The molecule has 1 fully saturated rings. The summed E-state index contributed by atoms with van der Waals surface area (Å²) in [5.74, 6) is 0.394. The Labute approximate surface area is 178 Å². The molecule has 1 aliphatic carbocycles. The Morgan fingerprint density at radius 2 is 1.70 bits per heavy atom. The number of urea groups is 1. The molecule has 0 radical (unpaired) electrons. The number of hydrogen-bond donors (Lipinski definition) is 2. The van der Waals surface area contributed by atoms with E-state index in [4.69, 9.17) is 0 Å². The number of likely N-dealkylation sites (tertiary alicyclic amines) is 1. The van der Waals surface area contributed by atoms with E-state index < -0.39 is 0 Å². The van der Waals surface area contributed by atoms with Crippen LogP contribution in [0, 0.1) is 5.92 Å². The van der Waals surface area contributed by atoms with Crippen LogP contribution < -0.4 is 10.6 Å². The zero-order chi connectivity index (χ0) is 21.1. The molecule has 1 saturated heterocycles. The molecular formula is C25H31N3O2. The van der Waals surface area contributed by atoms with E-state index in [0.29, 0.717) is 0 Å². The maximum Gasteiger partial charge on any atom is 0.319 e. The molecule has 0 spiro atoms.